The Morgan fingerprint density at radius 2 is 2.35 bits per heavy atom. The van der Waals surface area contributed by atoms with Gasteiger partial charge in [0.2, 0.25) is 0 Å². The molecule has 0 aliphatic carbocycles. The fourth-order valence-electron chi connectivity index (χ4n) is 3.16. The van der Waals surface area contributed by atoms with E-state index in [9.17, 15) is 0 Å². The van der Waals surface area contributed by atoms with E-state index in [4.69, 9.17) is 4.74 Å². The number of rotatable bonds is 4. The second kappa shape index (κ2) is 5.89. The summed E-state index contributed by atoms with van der Waals surface area (Å²) in [5.74, 6) is 0.877. The molecular formula is C17H19N5O. The molecule has 1 aliphatic rings. The zero-order valence-electron chi connectivity index (χ0n) is 13.0. The summed E-state index contributed by atoms with van der Waals surface area (Å²) in [4.78, 5) is 7.74. The van der Waals surface area contributed by atoms with Crippen LogP contribution in [0.3, 0.4) is 0 Å². The first kappa shape index (κ1) is 14.0. The number of hydrogen-bond donors (Lipinski definition) is 2. The van der Waals surface area contributed by atoms with Crippen molar-refractivity contribution in [2.45, 2.75) is 19.0 Å². The summed E-state index contributed by atoms with van der Waals surface area (Å²) in [6.07, 6.45) is 6.51. The molecule has 0 radical (unpaired) electrons. The monoisotopic (exact) mass is 309 g/mol. The fraction of sp³-hybridized carbons (Fsp3) is 0.294. The van der Waals surface area contributed by atoms with Gasteiger partial charge < -0.3 is 15.0 Å². The molecule has 2 N–H and O–H groups in total. The quantitative estimate of drug-likeness (QED) is 0.772. The Hall–Kier alpha value is -2.60. The first-order valence-corrected chi connectivity index (χ1v) is 7.75. The molecule has 2 aromatic heterocycles. The van der Waals surface area contributed by atoms with E-state index in [0.717, 1.165) is 30.0 Å². The number of nitrogens with zero attached hydrogens (tertiary/aromatic N) is 3. The van der Waals surface area contributed by atoms with Crippen LogP contribution in [0.15, 0.2) is 43.0 Å². The van der Waals surface area contributed by atoms with Gasteiger partial charge in [0.05, 0.1) is 31.7 Å². The Labute approximate surface area is 134 Å². The molecule has 3 aromatic rings. The number of H-pyrrole nitrogens is 1. The van der Waals surface area contributed by atoms with E-state index in [1.54, 1.807) is 19.6 Å². The maximum atomic E-state index is 5.51. The predicted octanol–water partition coefficient (Wildman–Crippen LogP) is 1.90. The highest BCUT2D eigenvalue weighted by Gasteiger charge is 2.24. The molecule has 0 amide bonds. The van der Waals surface area contributed by atoms with Crippen LogP contribution in [0.5, 0.6) is 5.75 Å². The number of aromatic nitrogens is 4. The molecule has 118 valence electrons. The van der Waals surface area contributed by atoms with Crippen molar-refractivity contribution >= 4 is 0 Å². The van der Waals surface area contributed by atoms with Crippen LogP contribution in [0.25, 0.3) is 0 Å². The van der Waals surface area contributed by atoms with Gasteiger partial charge in [-0.1, -0.05) is 6.07 Å². The van der Waals surface area contributed by atoms with E-state index in [-0.39, 0.29) is 6.04 Å². The molecule has 6 heteroatoms. The maximum absolute atomic E-state index is 5.51. The number of ether oxygens (including phenoxy) is 1. The van der Waals surface area contributed by atoms with E-state index in [2.05, 4.69) is 32.5 Å². The van der Waals surface area contributed by atoms with Gasteiger partial charge in [-0.05, 0) is 23.8 Å². The average molecular weight is 309 g/mol. The molecule has 6 nitrogen and oxygen atoms in total. The lowest BCUT2D eigenvalue weighted by Crippen LogP contribution is -2.30. The van der Waals surface area contributed by atoms with Gasteiger partial charge in [-0.3, -0.25) is 4.68 Å². The van der Waals surface area contributed by atoms with Gasteiger partial charge in [-0.2, -0.15) is 5.10 Å². The lowest BCUT2D eigenvalue weighted by atomic mass is 9.96. The second-order valence-electron chi connectivity index (χ2n) is 5.68. The third-order valence-electron chi connectivity index (χ3n) is 4.28. The summed E-state index contributed by atoms with van der Waals surface area (Å²) in [5.41, 5.74) is 4.61. The highest BCUT2D eigenvalue weighted by molar-refractivity contribution is 5.42. The minimum absolute atomic E-state index is 0.118. The molecule has 0 fully saturated rings. The molecule has 23 heavy (non-hydrogen) atoms. The van der Waals surface area contributed by atoms with E-state index < -0.39 is 0 Å². The molecule has 1 aliphatic heterocycles. The summed E-state index contributed by atoms with van der Waals surface area (Å²) in [7, 11) is 1.70. The summed E-state index contributed by atoms with van der Waals surface area (Å²) in [6.45, 7) is 1.63. The molecule has 1 aromatic carbocycles. The van der Waals surface area contributed by atoms with E-state index in [1.807, 2.05) is 23.0 Å². The SMILES string of the molecule is COc1ccc(C2NCCc3[nH]cnc32)cc1Cn1cccn1. The molecule has 3 heterocycles. The Kier molecular flexibility index (Phi) is 3.59. The van der Waals surface area contributed by atoms with Crippen LogP contribution >= 0.6 is 0 Å². The summed E-state index contributed by atoms with van der Waals surface area (Å²) in [5, 5.41) is 7.84. The van der Waals surface area contributed by atoms with Crippen LogP contribution in [-0.4, -0.2) is 33.4 Å². The normalized spacial score (nSPS) is 17.0. The number of nitrogens with one attached hydrogen (secondary N) is 2. The molecule has 0 bridgehead atoms. The topological polar surface area (TPSA) is 67.8 Å². The predicted molar refractivity (Wildman–Crippen MR) is 86.5 cm³/mol. The van der Waals surface area contributed by atoms with Gasteiger partial charge in [-0.15, -0.1) is 0 Å². The number of fused-ring (bicyclic) bond motifs is 1. The van der Waals surface area contributed by atoms with Crippen LogP contribution in [0.2, 0.25) is 0 Å². The Balaban J connectivity index is 1.70. The van der Waals surface area contributed by atoms with Crippen LogP contribution in [0.1, 0.15) is 28.6 Å². The number of hydrogen-bond acceptors (Lipinski definition) is 4. The Morgan fingerprint density at radius 1 is 1.39 bits per heavy atom. The molecule has 0 saturated heterocycles. The van der Waals surface area contributed by atoms with Crippen molar-refractivity contribution in [3.05, 3.63) is 65.5 Å². The first-order valence-electron chi connectivity index (χ1n) is 7.75. The van der Waals surface area contributed by atoms with E-state index >= 15 is 0 Å². The summed E-state index contributed by atoms with van der Waals surface area (Å²) >= 11 is 0. The number of benzene rings is 1. The van der Waals surface area contributed by atoms with E-state index in [1.165, 1.54) is 11.3 Å². The zero-order chi connectivity index (χ0) is 15.6. The molecule has 0 saturated carbocycles. The minimum atomic E-state index is 0.118. The number of aromatic amines is 1. The molecule has 4 rings (SSSR count). The fourth-order valence-corrected chi connectivity index (χ4v) is 3.16. The molecular weight excluding hydrogens is 290 g/mol. The van der Waals surface area contributed by atoms with Gasteiger partial charge in [-0.25, -0.2) is 4.98 Å². The molecule has 1 unspecified atom stereocenters. The lowest BCUT2D eigenvalue weighted by Gasteiger charge is -2.24. The van der Waals surface area contributed by atoms with Crippen molar-refractivity contribution in [3.8, 4) is 5.75 Å². The molecule has 0 spiro atoms. The van der Waals surface area contributed by atoms with Crippen molar-refractivity contribution in [1.82, 2.24) is 25.1 Å². The zero-order valence-corrected chi connectivity index (χ0v) is 13.0. The first-order chi connectivity index (χ1) is 11.3. The second-order valence-corrected chi connectivity index (χ2v) is 5.68. The third-order valence-corrected chi connectivity index (χ3v) is 4.28. The van der Waals surface area contributed by atoms with Crippen molar-refractivity contribution in [2.24, 2.45) is 0 Å². The average Bonchev–Trinajstić information content (AvgIpc) is 3.25. The standard InChI is InChI=1S/C17H19N5O/c1-23-15-4-3-12(9-13(15)10-22-8-2-6-21-22)16-17-14(5-7-18-16)19-11-20-17/h2-4,6,8-9,11,16,18H,5,7,10H2,1H3,(H,19,20). The largest absolute Gasteiger partial charge is 0.496 e. The van der Waals surface area contributed by atoms with Crippen molar-refractivity contribution in [1.29, 1.82) is 0 Å². The van der Waals surface area contributed by atoms with Crippen LogP contribution in [0.4, 0.5) is 0 Å². The minimum Gasteiger partial charge on any atom is -0.496 e. The third kappa shape index (κ3) is 2.61. The van der Waals surface area contributed by atoms with Crippen molar-refractivity contribution < 1.29 is 4.74 Å². The lowest BCUT2D eigenvalue weighted by molar-refractivity contribution is 0.406. The van der Waals surface area contributed by atoms with Crippen LogP contribution in [-0.2, 0) is 13.0 Å². The van der Waals surface area contributed by atoms with E-state index in [0.29, 0.717) is 6.54 Å². The molecule has 1 atom stereocenters. The Bertz CT molecular complexity index is 793. The van der Waals surface area contributed by atoms with Gasteiger partial charge in [0.25, 0.3) is 0 Å². The highest BCUT2D eigenvalue weighted by atomic mass is 16.5. The van der Waals surface area contributed by atoms with Gasteiger partial charge in [0.15, 0.2) is 0 Å². The summed E-state index contributed by atoms with van der Waals surface area (Å²) < 4.78 is 7.41. The van der Waals surface area contributed by atoms with Crippen LogP contribution < -0.4 is 10.1 Å². The smallest absolute Gasteiger partial charge is 0.123 e. The number of methoxy groups -OCH3 is 1. The van der Waals surface area contributed by atoms with Crippen molar-refractivity contribution in [2.75, 3.05) is 13.7 Å². The van der Waals surface area contributed by atoms with Gasteiger partial charge in [0.1, 0.15) is 5.75 Å². The highest BCUT2D eigenvalue weighted by Crippen LogP contribution is 2.30. The van der Waals surface area contributed by atoms with Crippen molar-refractivity contribution in [3.63, 3.8) is 0 Å². The maximum Gasteiger partial charge on any atom is 0.123 e. The number of imidazole rings is 1. The Morgan fingerprint density at radius 3 is 3.17 bits per heavy atom. The summed E-state index contributed by atoms with van der Waals surface area (Å²) in [6, 6.07) is 8.35. The van der Waals surface area contributed by atoms with Crippen LogP contribution in [0, 0.1) is 0 Å². The van der Waals surface area contributed by atoms with Gasteiger partial charge >= 0.3 is 0 Å². The van der Waals surface area contributed by atoms with Gasteiger partial charge in [0, 0.05) is 36.6 Å².